The molecule has 30 heavy (non-hydrogen) atoms. The lowest BCUT2D eigenvalue weighted by molar-refractivity contribution is -0.159. The van der Waals surface area contributed by atoms with Crippen LogP contribution in [-0.4, -0.2) is 11.6 Å². The van der Waals surface area contributed by atoms with Crippen molar-refractivity contribution in [3.05, 3.63) is 0 Å². The van der Waals surface area contributed by atoms with Gasteiger partial charge in [-0.2, -0.15) is 0 Å². The predicted molar refractivity (Wildman–Crippen MR) is 123 cm³/mol. The molecule has 170 valence electrons. The number of fused-ring (bicyclic) bond motifs is 5. The second kappa shape index (κ2) is 8.04. The van der Waals surface area contributed by atoms with E-state index in [1.54, 1.807) is 0 Å². The standard InChI is InChI=1S/C28H46O2/c1-17(2)18(3)7-8-19(4)22-9-10-23-21-16-26(30)25-15-20(29)11-13-28(25,6)24(21)12-14-27(22,23)5/h17-19,21-25H,7-16H2,1-6H3/t18-,19-,21+,22-,23+,24+,25+,27-,28-/m1/s1. The predicted octanol–water partition coefficient (Wildman–Crippen LogP) is 7.10. The van der Waals surface area contributed by atoms with E-state index >= 15 is 0 Å². The highest BCUT2D eigenvalue weighted by molar-refractivity contribution is 5.90. The van der Waals surface area contributed by atoms with Crippen molar-refractivity contribution in [2.75, 3.05) is 0 Å². The maximum atomic E-state index is 13.2. The van der Waals surface area contributed by atoms with Gasteiger partial charge < -0.3 is 0 Å². The van der Waals surface area contributed by atoms with Crippen LogP contribution in [0.3, 0.4) is 0 Å². The van der Waals surface area contributed by atoms with Gasteiger partial charge in [-0.05, 0) is 84.4 Å². The molecule has 0 N–H and O–H groups in total. The molecule has 0 heterocycles. The van der Waals surface area contributed by atoms with Crippen LogP contribution in [0, 0.1) is 58.2 Å². The fourth-order valence-electron chi connectivity index (χ4n) is 8.87. The fourth-order valence-corrected chi connectivity index (χ4v) is 8.87. The van der Waals surface area contributed by atoms with Crippen molar-refractivity contribution >= 4 is 11.6 Å². The molecule has 0 amide bonds. The third kappa shape index (κ3) is 3.53. The summed E-state index contributed by atoms with van der Waals surface area (Å²) in [6.45, 7) is 14.6. The Balaban J connectivity index is 1.51. The summed E-state index contributed by atoms with van der Waals surface area (Å²) < 4.78 is 0. The first kappa shape index (κ1) is 22.5. The second-order valence-electron chi connectivity index (χ2n) is 12.9. The number of rotatable bonds is 5. The van der Waals surface area contributed by atoms with Crippen molar-refractivity contribution in [1.29, 1.82) is 0 Å². The molecule has 2 nitrogen and oxygen atoms in total. The van der Waals surface area contributed by atoms with E-state index in [9.17, 15) is 9.59 Å². The first-order chi connectivity index (χ1) is 14.1. The Morgan fingerprint density at radius 2 is 1.57 bits per heavy atom. The van der Waals surface area contributed by atoms with Gasteiger partial charge in [0.15, 0.2) is 0 Å². The lowest BCUT2D eigenvalue weighted by Gasteiger charge is -2.59. The van der Waals surface area contributed by atoms with Gasteiger partial charge in [0.25, 0.3) is 0 Å². The zero-order valence-electron chi connectivity index (χ0n) is 20.5. The number of hydrogen-bond donors (Lipinski definition) is 0. The molecule has 4 aliphatic rings. The molecule has 0 spiro atoms. The minimum absolute atomic E-state index is 0.0259. The largest absolute Gasteiger partial charge is 0.300 e. The molecule has 0 aliphatic heterocycles. The first-order valence-corrected chi connectivity index (χ1v) is 13.1. The van der Waals surface area contributed by atoms with Crippen LogP contribution in [0.15, 0.2) is 0 Å². The van der Waals surface area contributed by atoms with Crippen LogP contribution in [0.4, 0.5) is 0 Å². The van der Waals surface area contributed by atoms with E-state index in [4.69, 9.17) is 0 Å². The van der Waals surface area contributed by atoms with Gasteiger partial charge in [-0.25, -0.2) is 0 Å². The average molecular weight is 415 g/mol. The van der Waals surface area contributed by atoms with E-state index in [1.807, 2.05) is 0 Å². The third-order valence-corrected chi connectivity index (χ3v) is 11.3. The van der Waals surface area contributed by atoms with Crippen LogP contribution in [-0.2, 0) is 9.59 Å². The maximum Gasteiger partial charge on any atom is 0.137 e. The minimum atomic E-state index is 0.0259. The highest BCUT2D eigenvalue weighted by Gasteiger charge is 2.62. The van der Waals surface area contributed by atoms with Gasteiger partial charge >= 0.3 is 0 Å². The molecular formula is C28H46O2. The van der Waals surface area contributed by atoms with Gasteiger partial charge in [0.2, 0.25) is 0 Å². The molecule has 4 saturated carbocycles. The summed E-state index contributed by atoms with van der Waals surface area (Å²) >= 11 is 0. The van der Waals surface area contributed by atoms with E-state index < -0.39 is 0 Å². The normalized spacial score (nSPS) is 45.6. The molecule has 4 fully saturated rings. The summed E-state index contributed by atoms with van der Waals surface area (Å²) in [5.74, 6) is 5.99. The Morgan fingerprint density at radius 1 is 0.867 bits per heavy atom. The Bertz CT molecular complexity index is 680. The van der Waals surface area contributed by atoms with Crippen LogP contribution >= 0.6 is 0 Å². The highest BCUT2D eigenvalue weighted by atomic mass is 16.1. The number of ketones is 2. The van der Waals surface area contributed by atoms with Crippen molar-refractivity contribution in [3.8, 4) is 0 Å². The van der Waals surface area contributed by atoms with Crippen LogP contribution in [0.5, 0.6) is 0 Å². The average Bonchev–Trinajstić information content (AvgIpc) is 3.04. The molecule has 9 atom stereocenters. The van der Waals surface area contributed by atoms with Crippen LogP contribution in [0.2, 0.25) is 0 Å². The summed E-state index contributed by atoms with van der Waals surface area (Å²) in [6.07, 6.45) is 11.0. The van der Waals surface area contributed by atoms with E-state index in [0.29, 0.717) is 41.7 Å². The van der Waals surface area contributed by atoms with Crippen molar-refractivity contribution in [2.24, 2.45) is 58.2 Å². The minimum Gasteiger partial charge on any atom is -0.300 e. The summed E-state index contributed by atoms with van der Waals surface area (Å²) in [6, 6.07) is 0. The number of Topliss-reactive ketones (excluding diaryl/α,β-unsaturated/α-hetero) is 2. The van der Waals surface area contributed by atoms with Gasteiger partial charge in [0, 0.05) is 25.2 Å². The monoisotopic (exact) mass is 414 g/mol. The van der Waals surface area contributed by atoms with E-state index in [2.05, 4.69) is 41.5 Å². The Hall–Kier alpha value is -0.660. The topological polar surface area (TPSA) is 34.1 Å². The number of carbonyl (C=O) groups is 2. The van der Waals surface area contributed by atoms with Crippen molar-refractivity contribution < 1.29 is 9.59 Å². The molecule has 0 bridgehead atoms. The Morgan fingerprint density at radius 3 is 2.27 bits per heavy atom. The van der Waals surface area contributed by atoms with Gasteiger partial charge in [-0.15, -0.1) is 0 Å². The highest BCUT2D eigenvalue weighted by Crippen LogP contribution is 2.67. The maximum absolute atomic E-state index is 13.2. The molecule has 0 radical (unpaired) electrons. The first-order valence-electron chi connectivity index (χ1n) is 13.1. The number of hydrogen-bond acceptors (Lipinski definition) is 2. The summed E-state index contributed by atoms with van der Waals surface area (Å²) in [5, 5.41) is 0. The van der Waals surface area contributed by atoms with E-state index in [-0.39, 0.29) is 11.3 Å². The van der Waals surface area contributed by atoms with Gasteiger partial charge in [0.1, 0.15) is 11.6 Å². The summed E-state index contributed by atoms with van der Waals surface area (Å²) in [7, 11) is 0. The van der Waals surface area contributed by atoms with E-state index in [1.165, 1.54) is 38.5 Å². The van der Waals surface area contributed by atoms with Crippen LogP contribution in [0.1, 0.15) is 106 Å². The van der Waals surface area contributed by atoms with Gasteiger partial charge in [0.05, 0.1) is 0 Å². The molecule has 0 aromatic heterocycles. The molecule has 2 heteroatoms. The molecule has 4 rings (SSSR count). The summed E-state index contributed by atoms with van der Waals surface area (Å²) in [4.78, 5) is 25.3. The lowest BCUT2D eigenvalue weighted by atomic mass is 9.44. The zero-order valence-corrected chi connectivity index (χ0v) is 20.5. The molecule has 0 aromatic rings. The Kier molecular flexibility index (Phi) is 6.04. The smallest absolute Gasteiger partial charge is 0.137 e. The quantitative estimate of drug-likeness (QED) is 0.480. The van der Waals surface area contributed by atoms with Crippen LogP contribution in [0.25, 0.3) is 0 Å². The molecule has 0 aromatic carbocycles. The van der Waals surface area contributed by atoms with Crippen molar-refractivity contribution in [1.82, 2.24) is 0 Å². The van der Waals surface area contributed by atoms with Gasteiger partial charge in [-0.1, -0.05) is 54.4 Å². The Labute approximate surface area is 185 Å². The number of carbonyl (C=O) groups excluding carboxylic acids is 2. The summed E-state index contributed by atoms with van der Waals surface area (Å²) in [5.41, 5.74) is 0.515. The van der Waals surface area contributed by atoms with Crippen molar-refractivity contribution in [2.45, 2.75) is 106 Å². The lowest BCUT2D eigenvalue weighted by Crippen LogP contribution is -2.56. The van der Waals surface area contributed by atoms with Crippen molar-refractivity contribution in [3.63, 3.8) is 0 Å². The molecule has 0 unspecified atom stereocenters. The van der Waals surface area contributed by atoms with E-state index in [0.717, 1.165) is 42.4 Å². The molecule has 0 saturated heterocycles. The van der Waals surface area contributed by atoms with Crippen LogP contribution < -0.4 is 0 Å². The molecular weight excluding hydrogens is 368 g/mol. The SMILES string of the molecule is CC(C)[C@H](C)CC[C@@H](C)[C@H]1CC[C@H]2[C@@H]3CC(=O)[C@@H]4CC(=O)CC[C@]4(C)[C@H]3CC[C@]12C. The third-order valence-electron chi connectivity index (χ3n) is 11.3. The fraction of sp³-hybridized carbons (Fsp3) is 0.929. The second-order valence-corrected chi connectivity index (χ2v) is 12.9. The van der Waals surface area contributed by atoms with Gasteiger partial charge in [-0.3, -0.25) is 9.59 Å². The molecule has 4 aliphatic carbocycles. The zero-order chi connectivity index (χ0) is 21.8.